The number of amides is 1. The van der Waals surface area contributed by atoms with Crippen LogP contribution in [0.3, 0.4) is 0 Å². The van der Waals surface area contributed by atoms with Crippen LogP contribution in [0, 0.1) is 13.8 Å². The van der Waals surface area contributed by atoms with Crippen LogP contribution < -0.4 is 5.32 Å². The highest BCUT2D eigenvalue weighted by Gasteiger charge is 2.16. The molecule has 0 atom stereocenters. The molecule has 3 heterocycles. The lowest BCUT2D eigenvalue weighted by Gasteiger charge is -2.08. The quantitative estimate of drug-likeness (QED) is 0.806. The van der Waals surface area contributed by atoms with Crippen molar-refractivity contribution in [2.75, 3.05) is 5.32 Å². The first-order valence-electron chi connectivity index (χ1n) is 7.52. The number of carbonyl (C=O) groups excluding carboxylic acids is 1. The van der Waals surface area contributed by atoms with Gasteiger partial charge < -0.3 is 9.88 Å². The number of anilines is 1. The minimum absolute atomic E-state index is 0.210. The van der Waals surface area contributed by atoms with E-state index in [0.29, 0.717) is 11.1 Å². The molecule has 23 heavy (non-hydrogen) atoms. The third kappa shape index (κ3) is 2.58. The summed E-state index contributed by atoms with van der Waals surface area (Å²) in [6, 6.07) is 2.03. The molecule has 1 amide bonds. The molecule has 0 aliphatic carbocycles. The summed E-state index contributed by atoms with van der Waals surface area (Å²) in [5.74, 6) is -0.210. The lowest BCUT2D eigenvalue weighted by molar-refractivity contribution is 0.102. The molecule has 3 aromatic heterocycles. The van der Waals surface area contributed by atoms with Gasteiger partial charge in [-0.1, -0.05) is 0 Å². The van der Waals surface area contributed by atoms with Crippen LogP contribution in [0.5, 0.6) is 0 Å². The van der Waals surface area contributed by atoms with E-state index in [1.807, 2.05) is 25.5 Å². The van der Waals surface area contributed by atoms with Crippen LogP contribution in [-0.2, 0) is 7.05 Å². The highest BCUT2D eigenvalue weighted by atomic mass is 16.1. The lowest BCUT2D eigenvalue weighted by Crippen LogP contribution is -2.13. The Morgan fingerprint density at radius 2 is 2.00 bits per heavy atom. The van der Waals surface area contributed by atoms with Crippen LogP contribution in [0.15, 0.2) is 18.6 Å². The number of carbonyl (C=O) groups is 1. The van der Waals surface area contributed by atoms with Crippen molar-refractivity contribution in [3.05, 3.63) is 35.5 Å². The smallest absolute Gasteiger partial charge is 0.257 e. The second-order valence-corrected chi connectivity index (χ2v) is 5.94. The topological polar surface area (TPSA) is 77.6 Å². The van der Waals surface area contributed by atoms with E-state index in [1.54, 1.807) is 23.3 Å². The molecule has 0 unspecified atom stereocenters. The van der Waals surface area contributed by atoms with E-state index in [-0.39, 0.29) is 11.9 Å². The van der Waals surface area contributed by atoms with E-state index in [4.69, 9.17) is 0 Å². The van der Waals surface area contributed by atoms with Gasteiger partial charge in [0.15, 0.2) is 5.65 Å². The zero-order valence-electron chi connectivity index (χ0n) is 14.0. The van der Waals surface area contributed by atoms with Gasteiger partial charge in [0.2, 0.25) is 0 Å². The van der Waals surface area contributed by atoms with E-state index in [1.165, 1.54) is 0 Å². The molecule has 0 bridgehead atoms. The summed E-state index contributed by atoms with van der Waals surface area (Å²) >= 11 is 0. The number of pyridine rings is 1. The molecule has 0 saturated heterocycles. The molecule has 0 fully saturated rings. The Morgan fingerprint density at radius 3 is 2.61 bits per heavy atom. The number of hydrogen-bond acceptors (Lipinski definition) is 4. The van der Waals surface area contributed by atoms with Gasteiger partial charge in [0, 0.05) is 19.3 Å². The molecule has 3 rings (SSSR count). The van der Waals surface area contributed by atoms with E-state index in [0.717, 1.165) is 22.7 Å². The first-order chi connectivity index (χ1) is 10.9. The van der Waals surface area contributed by atoms with Gasteiger partial charge in [-0.15, -0.1) is 0 Å². The third-order valence-electron chi connectivity index (χ3n) is 3.98. The van der Waals surface area contributed by atoms with Crippen LogP contribution in [-0.4, -0.2) is 30.2 Å². The summed E-state index contributed by atoms with van der Waals surface area (Å²) in [5, 5.41) is 7.21. The van der Waals surface area contributed by atoms with Crippen LogP contribution >= 0.6 is 0 Å². The average molecular weight is 312 g/mol. The predicted molar refractivity (Wildman–Crippen MR) is 88.5 cm³/mol. The Balaban J connectivity index is 1.92. The van der Waals surface area contributed by atoms with Crippen molar-refractivity contribution in [3.63, 3.8) is 0 Å². The standard InChI is InChI=1S/C16H20N6O/c1-9(2)22-8-18-13-6-12(7-17-15(13)22)16(23)19-14-10(3)20-21(5)11(14)4/h6-9H,1-5H3,(H,19,23). The van der Waals surface area contributed by atoms with Gasteiger partial charge in [0.1, 0.15) is 5.52 Å². The Morgan fingerprint density at radius 1 is 1.26 bits per heavy atom. The maximum Gasteiger partial charge on any atom is 0.257 e. The van der Waals surface area contributed by atoms with Crippen molar-refractivity contribution < 1.29 is 4.79 Å². The van der Waals surface area contributed by atoms with E-state index in [9.17, 15) is 4.79 Å². The molecule has 0 aromatic carbocycles. The van der Waals surface area contributed by atoms with Crippen molar-refractivity contribution in [2.24, 2.45) is 7.05 Å². The fourth-order valence-electron chi connectivity index (χ4n) is 2.56. The van der Waals surface area contributed by atoms with E-state index < -0.39 is 0 Å². The van der Waals surface area contributed by atoms with Crippen molar-refractivity contribution in [3.8, 4) is 0 Å². The minimum Gasteiger partial charge on any atom is -0.319 e. The average Bonchev–Trinajstić information content (AvgIpc) is 3.03. The zero-order valence-corrected chi connectivity index (χ0v) is 14.0. The third-order valence-corrected chi connectivity index (χ3v) is 3.98. The molecule has 0 spiro atoms. The molecular weight excluding hydrogens is 292 g/mol. The number of imidazole rings is 1. The normalized spacial score (nSPS) is 11.4. The highest BCUT2D eigenvalue weighted by molar-refractivity contribution is 6.05. The molecule has 0 saturated carbocycles. The maximum absolute atomic E-state index is 12.5. The highest BCUT2D eigenvalue weighted by Crippen LogP contribution is 2.20. The van der Waals surface area contributed by atoms with Gasteiger partial charge in [-0.2, -0.15) is 5.10 Å². The molecule has 0 radical (unpaired) electrons. The fourth-order valence-corrected chi connectivity index (χ4v) is 2.56. The monoisotopic (exact) mass is 312 g/mol. The van der Waals surface area contributed by atoms with Crippen molar-refractivity contribution >= 4 is 22.8 Å². The molecule has 7 nitrogen and oxygen atoms in total. The number of nitrogens with zero attached hydrogens (tertiary/aromatic N) is 5. The Labute approximate surface area is 134 Å². The predicted octanol–water partition coefficient (Wildman–Crippen LogP) is 2.61. The van der Waals surface area contributed by atoms with E-state index >= 15 is 0 Å². The van der Waals surface area contributed by atoms with Crippen LogP contribution in [0.25, 0.3) is 11.2 Å². The summed E-state index contributed by atoms with van der Waals surface area (Å²) in [6.45, 7) is 7.92. The molecular formula is C16H20N6O. The van der Waals surface area contributed by atoms with Crippen molar-refractivity contribution in [1.82, 2.24) is 24.3 Å². The lowest BCUT2D eigenvalue weighted by atomic mass is 10.2. The summed E-state index contributed by atoms with van der Waals surface area (Å²) in [7, 11) is 1.85. The summed E-state index contributed by atoms with van der Waals surface area (Å²) in [6.07, 6.45) is 3.33. The number of fused-ring (bicyclic) bond motifs is 1. The second-order valence-electron chi connectivity index (χ2n) is 5.94. The second kappa shape index (κ2) is 5.49. The molecule has 0 aliphatic rings. The van der Waals surface area contributed by atoms with Crippen LogP contribution in [0.1, 0.15) is 41.6 Å². The van der Waals surface area contributed by atoms with Gasteiger partial charge >= 0.3 is 0 Å². The largest absolute Gasteiger partial charge is 0.319 e. The van der Waals surface area contributed by atoms with Gasteiger partial charge in [-0.3, -0.25) is 9.48 Å². The first-order valence-corrected chi connectivity index (χ1v) is 7.52. The van der Waals surface area contributed by atoms with Crippen molar-refractivity contribution in [2.45, 2.75) is 33.7 Å². The van der Waals surface area contributed by atoms with Crippen LogP contribution in [0.4, 0.5) is 5.69 Å². The summed E-state index contributed by atoms with van der Waals surface area (Å²) in [4.78, 5) is 21.2. The molecule has 0 aliphatic heterocycles. The number of aryl methyl sites for hydroxylation is 2. The number of hydrogen-bond donors (Lipinski definition) is 1. The molecule has 120 valence electrons. The van der Waals surface area contributed by atoms with Gasteiger partial charge in [0.25, 0.3) is 5.91 Å². The summed E-state index contributed by atoms with van der Waals surface area (Å²) < 4.78 is 3.73. The number of nitrogens with one attached hydrogen (secondary N) is 1. The van der Waals surface area contributed by atoms with Crippen LogP contribution in [0.2, 0.25) is 0 Å². The van der Waals surface area contributed by atoms with E-state index in [2.05, 4.69) is 34.2 Å². The van der Waals surface area contributed by atoms with Gasteiger partial charge in [0.05, 0.1) is 29.0 Å². The Hall–Kier alpha value is -2.70. The Bertz CT molecular complexity index is 889. The zero-order chi connectivity index (χ0) is 16.7. The minimum atomic E-state index is -0.210. The Kier molecular flexibility index (Phi) is 3.63. The molecule has 1 N–H and O–H groups in total. The molecule has 3 aromatic rings. The SMILES string of the molecule is Cc1nn(C)c(C)c1NC(=O)c1cnc2c(c1)ncn2C(C)C. The fraction of sp³-hybridized carbons (Fsp3) is 0.375. The summed E-state index contributed by atoms with van der Waals surface area (Å²) in [5.41, 5.74) is 4.42. The first kappa shape index (κ1) is 15.2. The number of aromatic nitrogens is 5. The maximum atomic E-state index is 12.5. The van der Waals surface area contributed by atoms with Gasteiger partial charge in [-0.05, 0) is 33.8 Å². The van der Waals surface area contributed by atoms with Gasteiger partial charge in [-0.25, -0.2) is 9.97 Å². The number of rotatable bonds is 3. The molecule has 7 heteroatoms. The van der Waals surface area contributed by atoms with Crippen molar-refractivity contribution in [1.29, 1.82) is 0 Å².